The molecule has 1 aromatic rings. The summed E-state index contributed by atoms with van der Waals surface area (Å²) in [6, 6.07) is 4.31. The van der Waals surface area contributed by atoms with Gasteiger partial charge in [0, 0.05) is 5.56 Å². The summed E-state index contributed by atoms with van der Waals surface area (Å²) < 4.78 is 18.8. The first-order valence-corrected chi connectivity index (χ1v) is 5.31. The molecular formula is C12H17FN2O. The van der Waals surface area contributed by atoms with E-state index in [2.05, 4.69) is 6.92 Å². The van der Waals surface area contributed by atoms with Gasteiger partial charge >= 0.3 is 0 Å². The van der Waals surface area contributed by atoms with Crippen LogP contribution in [0, 0.1) is 17.1 Å². The molecule has 0 heterocycles. The zero-order chi connectivity index (χ0) is 12.1. The van der Waals surface area contributed by atoms with E-state index in [1.807, 2.05) is 6.92 Å². The highest BCUT2D eigenvalue weighted by Gasteiger charge is 2.07. The van der Waals surface area contributed by atoms with Crippen LogP contribution >= 0.6 is 0 Å². The molecule has 0 amide bonds. The van der Waals surface area contributed by atoms with Crippen LogP contribution in [0.3, 0.4) is 0 Å². The van der Waals surface area contributed by atoms with Gasteiger partial charge < -0.3 is 10.5 Å². The maximum atomic E-state index is 13.5. The molecule has 0 aliphatic rings. The van der Waals surface area contributed by atoms with Crippen molar-refractivity contribution in [2.45, 2.75) is 20.3 Å². The lowest BCUT2D eigenvalue weighted by atomic mass is 10.1. The fourth-order valence-corrected chi connectivity index (χ4v) is 1.14. The van der Waals surface area contributed by atoms with E-state index in [-0.39, 0.29) is 11.6 Å². The van der Waals surface area contributed by atoms with Crippen molar-refractivity contribution in [2.24, 2.45) is 11.7 Å². The molecule has 3 nitrogen and oxygen atoms in total. The molecule has 0 aromatic heterocycles. The Morgan fingerprint density at radius 2 is 2.25 bits per heavy atom. The third-order valence-electron chi connectivity index (χ3n) is 2.46. The Morgan fingerprint density at radius 3 is 2.75 bits per heavy atom. The van der Waals surface area contributed by atoms with E-state index in [9.17, 15) is 4.39 Å². The van der Waals surface area contributed by atoms with Crippen LogP contribution in [0.4, 0.5) is 4.39 Å². The smallest absolute Gasteiger partial charge is 0.165 e. The highest BCUT2D eigenvalue weighted by molar-refractivity contribution is 5.95. The van der Waals surface area contributed by atoms with Crippen molar-refractivity contribution < 1.29 is 9.13 Å². The molecule has 0 bridgehead atoms. The Kier molecular flexibility index (Phi) is 4.28. The first-order chi connectivity index (χ1) is 7.54. The molecule has 0 radical (unpaired) electrons. The number of halogens is 1. The number of nitrogens with one attached hydrogen (secondary N) is 1. The zero-order valence-corrected chi connectivity index (χ0v) is 9.59. The van der Waals surface area contributed by atoms with E-state index in [1.54, 1.807) is 6.07 Å². The molecular weight excluding hydrogens is 207 g/mol. The maximum absolute atomic E-state index is 13.5. The number of nitrogens with two attached hydrogens (primary N) is 1. The monoisotopic (exact) mass is 224 g/mol. The minimum absolute atomic E-state index is 0.146. The lowest BCUT2D eigenvalue weighted by Crippen LogP contribution is -2.12. The third-order valence-corrected chi connectivity index (χ3v) is 2.46. The molecule has 0 fully saturated rings. The van der Waals surface area contributed by atoms with Crippen LogP contribution < -0.4 is 10.5 Å². The summed E-state index contributed by atoms with van der Waals surface area (Å²) in [7, 11) is 0. The molecule has 16 heavy (non-hydrogen) atoms. The lowest BCUT2D eigenvalue weighted by Gasteiger charge is -2.12. The zero-order valence-electron chi connectivity index (χ0n) is 9.59. The number of hydrogen-bond donors (Lipinski definition) is 2. The van der Waals surface area contributed by atoms with E-state index in [4.69, 9.17) is 15.9 Å². The highest BCUT2D eigenvalue weighted by atomic mass is 19.1. The van der Waals surface area contributed by atoms with Crippen LogP contribution in [0.5, 0.6) is 5.75 Å². The predicted octanol–water partition coefficient (Wildman–Crippen LogP) is 2.53. The van der Waals surface area contributed by atoms with Gasteiger partial charge in [0.1, 0.15) is 5.84 Å². The summed E-state index contributed by atoms with van der Waals surface area (Å²) >= 11 is 0. The van der Waals surface area contributed by atoms with Gasteiger partial charge in [-0.15, -0.1) is 0 Å². The van der Waals surface area contributed by atoms with Gasteiger partial charge in [0.15, 0.2) is 11.6 Å². The second kappa shape index (κ2) is 5.49. The Hall–Kier alpha value is -1.58. The van der Waals surface area contributed by atoms with Crippen LogP contribution in [-0.4, -0.2) is 12.4 Å². The molecule has 1 atom stereocenters. The summed E-state index contributed by atoms with van der Waals surface area (Å²) in [4.78, 5) is 0. The minimum atomic E-state index is -0.476. The van der Waals surface area contributed by atoms with Gasteiger partial charge in [-0.05, 0) is 24.1 Å². The van der Waals surface area contributed by atoms with Crippen LogP contribution in [0.25, 0.3) is 0 Å². The van der Waals surface area contributed by atoms with Crippen molar-refractivity contribution in [2.75, 3.05) is 6.61 Å². The van der Waals surface area contributed by atoms with Crippen LogP contribution in [0.2, 0.25) is 0 Å². The summed E-state index contributed by atoms with van der Waals surface area (Å²) in [5.41, 5.74) is 5.62. The Labute approximate surface area is 94.9 Å². The van der Waals surface area contributed by atoms with Gasteiger partial charge in [0.2, 0.25) is 0 Å². The molecule has 0 saturated heterocycles. The SMILES string of the molecule is CCC(C)COc1ccc(C(=N)N)cc1F. The third kappa shape index (κ3) is 3.22. The molecule has 1 aromatic carbocycles. The molecule has 0 spiro atoms. The average molecular weight is 224 g/mol. The van der Waals surface area contributed by atoms with Gasteiger partial charge in [0.05, 0.1) is 6.61 Å². The van der Waals surface area contributed by atoms with Crippen molar-refractivity contribution >= 4 is 5.84 Å². The molecule has 0 saturated carbocycles. The lowest BCUT2D eigenvalue weighted by molar-refractivity contribution is 0.246. The van der Waals surface area contributed by atoms with Crippen molar-refractivity contribution in [3.05, 3.63) is 29.6 Å². The maximum Gasteiger partial charge on any atom is 0.165 e. The molecule has 1 rings (SSSR count). The fraction of sp³-hybridized carbons (Fsp3) is 0.417. The first-order valence-electron chi connectivity index (χ1n) is 5.31. The Morgan fingerprint density at radius 1 is 1.56 bits per heavy atom. The standard InChI is InChI=1S/C12H17FN2O/c1-3-8(2)7-16-11-5-4-9(12(14)15)6-10(11)13/h4-6,8H,3,7H2,1-2H3,(H3,14,15). The summed E-state index contributed by atoms with van der Waals surface area (Å²) in [5.74, 6) is -0.0134. The van der Waals surface area contributed by atoms with E-state index in [0.29, 0.717) is 18.1 Å². The number of amidine groups is 1. The van der Waals surface area contributed by atoms with Gasteiger partial charge in [-0.25, -0.2) is 4.39 Å². The number of hydrogen-bond acceptors (Lipinski definition) is 2. The van der Waals surface area contributed by atoms with Gasteiger partial charge in [0.25, 0.3) is 0 Å². The van der Waals surface area contributed by atoms with Crippen LogP contribution in [0.15, 0.2) is 18.2 Å². The van der Waals surface area contributed by atoms with Crippen LogP contribution in [-0.2, 0) is 0 Å². The van der Waals surface area contributed by atoms with Gasteiger partial charge in [-0.3, -0.25) is 5.41 Å². The predicted molar refractivity (Wildman–Crippen MR) is 62.4 cm³/mol. The van der Waals surface area contributed by atoms with E-state index < -0.39 is 5.82 Å². The van der Waals surface area contributed by atoms with E-state index in [0.717, 1.165) is 6.42 Å². The Bertz CT molecular complexity index is 379. The molecule has 3 N–H and O–H groups in total. The molecule has 1 unspecified atom stereocenters. The number of nitrogen functional groups attached to an aromatic ring is 1. The van der Waals surface area contributed by atoms with Gasteiger partial charge in [-0.2, -0.15) is 0 Å². The Balaban J connectivity index is 2.72. The first kappa shape index (κ1) is 12.5. The normalized spacial score (nSPS) is 12.2. The van der Waals surface area contributed by atoms with E-state index in [1.165, 1.54) is 12.1 Å². The fourth-order valence-electron chi connectivity index (χ4n) is 1.14. The summed E-state index contributed by atoms with van der Waals surface area (Å²) in [6.07, 6.45) is 0.993. The topological polar surface area (TPSA) is 59.1 Å². The van der Waals surface area contributed by atoms with Crippen LogP contribution in [0.1, 0.15) is 25.8 Å². The van der Waals surface area contributed by atoms with Crippen molar-refractivity contribution in [1.29, 1.82) is 5.41 Å². The van der Waals surface area contributed by atoms with E-state index >= 15 is 0 Å². The van der Waals surface area contributed by atoms with Crippen molar-refractivity contribution in [3.63, 3.8) is 0 Å². The average Bonchev–Trinajstić information content (AvgIpc) is 2.26. The largest absolute Gasteiger partial charge is 0.490 e. The summed E-state index contributed by atoms with van der Waals surface area (Å²) in [6.45, 7) is 4.60. The number of ether oxygens (including phenoxy) is 1. The summed E-state index contributed by atoms with van der Waals surface area (Å²) in [5, 5.41) is 7.17. The van der Waals surface area contributed by atoms with Crippen molar-refractivity contribution in [3.8, 4) is 5.75 Å². The second-order valence-corrected chi connectivity index (χ2v) is 3.88. The second-order valence-electron chi connectivity index (χ2n) is 3.88. The molecule has 88 valence electrons. The molecule has 0 aliphatic carbocycles. The highest BCUT2D eigenvalue weighted by Crippen LogP contribution is 2.19. The molecule has 4 heteroatoms. The van der Waals surface area contributed by atoms with Gasteiger partial charge in [-0.1, -0.05) is 20.3 Å². The number of rotatable bonds is 5. The minimum Gasteiger partial charge on any atom is -0.490 e. The quantitative estimate of drug-likeness (QED) is 0.596. The van der Waals surface area contributed by atoms with Crippen molar-refractivity contribution in [1.82, 2.24) is 0 Å². The number of benzene rings is 1. The molecule has 0 aliphatic heterocycles.